The first-order valence-electron chi connectivity index (χ1n) is 8.48. The molecule has 1 aromatic carbocycles. The van der Waals surface area contributed by atoms with Crippen LogP contribution in [0.25, 0.3) is 10.4 Å². The second-order valence-electron chi connectivity index (χ2n) is 5.89. The minimum atomic E-state index is -0.673. The van der Waals surface area contributed by atoms with Gasteiger partial charge in [0.25, 0.3) is 11.8 Å². The zero-order chi connectivity index (χ0) is 19.1. The Hall–Kier alpha value is -2.67. The molecule has 0 spiro atoms. The molecule has 7 heteroatoms. The van der Waals surface area contributed by atoms with Gasteiger partial charge in [-0.1, -0.05) is 31.9 Å². The molecule has 0 aliphatic heterocycles. The standard InChI is InChI=1S/C19H23N3O3S/c1-3-4-8-14(17(20)23)22-18(24)13-7-5-6-12(11-13)15-9-10-16(26-15)19(25)21-2/h5-7,9-11,14H,3-4,8H2,1-2H3,(H2,20,23)(H,21,25)(H,22,24)/t14-/m1/s1. The molecule has 3 amide bonds. The molecule has 1 heterocycles. The van der Waals surface area contributed by atoms with Crippen molar-refractivity contribution in [3.8, 4) is 10.4 Å². The van der Waals surface area contributed by atoms with Gasteiger partial charge >= 0.3 is 0 Å². The van der Waals surface area contributed by atoms with Crippen LogP contribution >= 0.6 is 11.3 Å². The molecule has 0 saturated carbocycles. The monoisotopic (exact) mass is 373 g/mol. The summed E-state index contributed by atoms with van der Waals surface area (Å²) in [4.78, 5) is 37.2. The molecule has 0 aliphatic rings. The fraction of sp³-hybridized carbons (Fsp3) is 0.316. The number of rotatable bonds is 8. The van der Waals surface area contributed by atoms with Gasteiger partial charge in [-0.25, -0.2) is 0 Å². The first kappa shape index (κ1) is 19.7. The molecule has 2 aromatic rings. The maximum absolute atomic E-state index is 12.5. The van der Waals surface area contributed by atoms with E-state index < -0.39 is 11.9 Å². The number of primary amides is 1. The Morgan fingerprint density at radius 3 is 2.58 bits per heavy atom. The van der Waals surface area contributed by atoms with Crippen LogP contribution < -0.4 is 16.4 Å². The van der Waals surface area contributed by atoms with E-state index in [-0.39, 0.29) is 11.8 Å². The van der Waals surface area contributed by atoms with Crippen molar-refractivity contribution >= 4 is 29.1 Å². The van der Waals surface area contributed by atoms with Crippen LogP contribution in [0.1, 0.15) is 46.2 Å². The SMILES string of the molecule is CCCC[C@@H](NC(=O)c1cccc(-c2ccc(C(=O)NC)s2)c1)C(N)=O. The first-order chi connectivity index (χ1) is 12.5. The Balaban J connectivity index is 2.17. The molecule has 0 radical (unpaired) electrons. The zero-order valence-corrected chi connectivity index (χ0v) is 15.7. The smallest absolute Gasteiger partial charge is 0.261 e. The molecule has 6 nitrogen and oxygen atoms in total. The van der Waals surface area contributed by atoms with E-state index in [1.165, 1.54) is 11.3 Å². The Morgan fingerprint density at radius 2 is 1.92 bits per heavy atom. The van der Waals surface area contributed by atoms with Crippen molar-refractivity contribution in [3.63, 3.8) is 0 Å². The predicted octanol–water partition coefficient (Wildman–Crippen LogP) is 2.55. The van der Waals surface area contributed by atoms with Gasteiger partial charge < -0.3 is 16.4 Å². The summed E-state index contributed by atoms with van der Waals surface area (Å²) in [6, 6.07) is 10.00. The molecular weight excluding hydrogens is 350 g/mol. The fourth-order valence-electron chi connectivity index (χ4n) is 2.49. The van der Waals surface area contributed by atoms with E-state index in [2.05, 4.69) is 10.6 Å². The Labute approximate surface area is 156 Å². The molecule has 1 atom stereocenters. The van der Waals surface area contributed by atoms with Gasteiger partial charge in [-0.15, -0.1) is 11.3 Å². The molecule has 0 fully saturated rings. The van der Waals surface area contributed by atoms with Crippen LogP contribution in [0, 0.1) is 0 Å². The van der Waals surface area contributed by atoms with Gasteiger partial charge in [0.1, 0.15) is 6.04 Å². The van der Waals surface area contributed by atoms with Crippen molar-refractivity contribution in [2.45, 2.75) is 32.2 Å². The third kappa shape index (κ3) is 4.92. The van der Waals surface area contributed by atoms with Crippen molar-refractivity contribution in [3.05, 3.63) is 46.8 Å². The number of carbonyl (C=O) groups excluding carboxylic acids is 3. The van der Waals surface area contributed by atoms with Crippen LogP contribution in [-0.4, -0.2) is 30.8 Å². The lowest BCUT2D eigenvalue weighted by Gasteiger charge is -2.15. The van der Waals surface area contributed by atoms with E-state index in [9.17, 15) is 14.4 Å². The number of unbranched alkanes of at least 4 members (excludes halogenated alkanes) is 1. The highest BCUT2D eigenvalue weighted by Gasteiger charge is 2.19. The summed E-state index contributed by atoms with van der Waals surface area (Å²) < 4.78 is 0. The minimum Gasteiger partial charge on any atom is -0.368 e. The van der Waals surface area contributed by atoms with Crippen molar-refractivity contribution in [2.24, 2.45) is 5.73 Å². The van der Waals surface area contributed by atoms with Crippen molar-refractivity contribution in [2.75, 3.05) is 7.05 Å². The van der Waals surface area contributed by atoms with Gasteiger partial charge in [0, 0.05) is 17.5 Å². The minimum absolute atomic E-state index is 0.143. The lowest BCUT2D eigenvalue weighted by molar-refractivity contribution is -0.120. The lowest BCUT2D eigenvalue weighted by Crippen LogP contribution is -2.44. The Morgan fingerprint density at radius 1 is 1.15 bits per heavy atom. The number of thiophene rings is 1. The summed E-state index contributed by atoms with van der Waals surface area (Å²) in [6.45, 7) is 2.01. The second-order valence-corrected chi connectivity index (χ2v) is 6.98. The summed E-state index contributed by atoms with van der Waals surface area (Å²) in [7, 11) is 1.58. The van der Waals surface area contributed by atoms with E-state index in [1.54, 1.807) is 31.3 Å². The summed E-state index contributed by atoms with van der Waals surface area (Å²) in [5.74, 6) is -1.01. The lowest BCUT2D eigenvalue weighted by atomic mass is 10.1. The summed E-state index contributed by atoms with van der Waals surface area (Å²) in [5, 5.41) is 5.29. The predicted molar refractivity (Wildman–Crippen MR) is 103 cm³/mol. The number of benzene rings is 1. The number of amides is 3. The maximum atomic E-state index is 12.5. The van der Waals surface area contributed by atoms with E-state index in [1.807, 2.05) is 19.1 Å². The number of nitrogens with two attached hydrogens (primary N) is 1. The number of hydrogen-bond donors (Lipinski definition) is 3. The molecule has 4 N–H and O–H groups in total. The number of hydrogen-bond acceptors (Lipinski definition) is 4. The molecule has 1 aromatic heterocycles. The van der Waals surface area contributed by atoms with Gasteiger partial charge in [0.05, 0.1) is 4.88 Å². The third-order valence-electron chi connectivity index (χ3n) is 3.96. The van der Waals surface area contributed by atoms with Crippen LogP contribution in [-0.2, 0) is 4.79 Å². The van der Waals surface area contributed by atoms with Gasteiger partial charge in [0.15, 0.2) is 0 Å². The molecule has 2 rings (SSSR count). The van der Waals surface area contributed by atoms with Crippen LogP contribution in [0.2, 0.25) is 0 Å². The first-order valence-corrected chi connectivity index (χ1v) is 9.30. The quantitative estimate of drug-likeness (QED) is 0.663. The highest BCUT2D eigenvalue weighted by atomic mass is 32.1. The van der Waals surface area contributed by atoms with Gasteiger partial charge in [-0.2, -0.15) is 0 Å². The van der Waals surface area contributed by atoms with E-state index in [4.69, 9.17) is 5.73 Å². The average molecular weight is 373 g/mol. The van der Waals surface area contributed by atoms with Crippen LogP contribution in [0.3, 0.4) is 0 Å². The highest BCUT2D eigenvalue weighted by molar-refractivity contribution is 7.17. The highest BCUT2D eigenvalue weighted by Crippen LogP contribution is 2.28. The largest absolute Gasteiger partial charge is 0.368 e. The van der Waals surface area contributed by atoms with Crippen LogP contribution in [0.4, 0.5) is 0 Å². The second kappa shape index (κ2) is 9.15. The summed E-state index contributed by atoms with van der Waals surface area (Å²) >= 11 is 1.35. The normalized spacial score (nSPS) is 11.6. The molecule has 0 unspecified atom stereocenters. The molecule has 0 bridgehead atoms. The Kier molecular flexibility index (Phi) is 6.91. The fourth-order valence-corrected chi connectivity index (χ4v) is 3.44. The van der Waals surface area contributed by atoms with Gasteiger partial charge in [-0.05, 0) is 36.2 Å². The zero-order valence-electron chi connectivity index (χ0n) is 14.9. The third-order valence-corrected chi connectivity index (χ3v) is 5.09. The number of nitrogens with one attached hydrogen (secondary N) is 2. The topological polar surface area (TPSA) is 101 Å². The van der Waals surface area contributed by atoms with Crippen LogP contribution in [0.5, 0.6) is 0 Å². The summed E-state index contributed by atoms with van der Waals surface area (Å²) in [6.07, 6.45) is 2.25. The molecule has 26 heavy (non-hydrogen) atoms. The van der Waals surface area contributed by atoms with Crippen molar-refractivity contribution in [1.29, 1.82) is 0 Å². The molecular formula is C19H23N3O3S. The molecule has 138 valence electrons. The maximum Gasteiger partial charge on any atom is 0.261 e. The molecule has 0 saturated heterocycles. The van der Waals surface area contributed by atoms with E-state index in [0.717, 1.165) is 23.3 Å². The van der Waals surface area contributed by atoms with E-state index >= 15 is 0 Å². The van der Waals surface area contributed by atoms with E-state index in [0.29, 0.717) is 16.9 Å². The van der Waals surface area contributed by atoms with Crippen molar-refractivity contribution in [1.82, 2.24) is 10.6 Å². The number of carbonyl (C=O) groups is 3. The Bertz CT molecular complexity index is 801. The van der Waals surface area contributed by atoms with Gasteiger partial charge in [0.2, 0.25) is 5.91 Å². The average Bonchev–Trinajstić information content (AvgIpc) is 3.14. The van der Waals surface area contributed by atoms with Crippen LogP contribution in [0.15, 0.2) is 36.4 Å². The summed E-state index contributed by atoms with van der Waals surface area (Å²) in [5.41, 5.74) is 6.66. The van der Waals surface area contributed by atoms with Crippen molar-refractivity contribution < 1.29 is 14.4 Å². The van der Waals surface area contributed by atoms with Gasteiger partial charge in [-0.3, -0.25) is 14.4 Å². The molecule has 0 aliphatic carbocycles.